The maximum atomic E-state index is 12.2. The zero-order valence-corrected chi connectivity index (χ0v) is 13.6. The molecule has 1 fully saturated rings. The van der Waals surface area contributed by atoms with E-state index in [-0.39, 0.29) is 17.9 Å². The summed E-state index contributed by atoms with van der Waals surface area (Å²) in [6.45, 7) is 7.23. The highest BCUT2D eigenvalue weighted by atomic mass is 16.5. The number of carbonyl (C=O) groups is 2. The molecule has 122 valence electrons. The van der Waals surface area contributed by atoms with Gasteiger partial charge in [0, 0.05) is 18.6 Å². The van der Waals surface area contributed by atoms with Crippen molar-refractivity contribution in [3.8, 4) is 0 Å². The van der Waals surface area contributed by atoms with Crippen LogP contribution in [-0.4, -0.2) is 55.1 Å². The SMILES string of the molecule is COC(=O)C(CC(C)C)NC(=O)CN1CCC(N)CC1C. The van der Waals surface area contributed by atoms with Gasteiger partial charge in [-0.05, 0) is 32.1 Å². The smallest absolute Gasteiger partial charge is 0.328 e. The van der Waals surface area contributed by atoms with E-state index in [1.165, 1.54) is 7.11 Å². The number of methoxy groups -OCH3 is 1. The van der Waals surface area contributed by atoms with Crippen LogP contribution in [0.1, 0.15) is 40.0 Å². The number of likely N-dealkylation sites (tertiary alicyclic amines) is 1. The van der Waals surface area contributed by atoms with Crippen LogP contribution in [0.4, 0.5) is 0 Å². The topological polar surface area (TPSA) is 84.7 Å². The van der Waals surface area contributed by atoms with Gasteiger partial charge in [-0.25, -0.2) is 4.79 Å². The summed E-state index contributed by atoms with van der Waals surface area (Å²) in [6, 6.07) is -0.0471. The van der Waals surface area contributed by atoms with Crippen LogP contribution in [0.3, 0.4) is 0 Å². The van der Waals surface area contributed by atoms with Gasteiger partial charge in [0.2, 0.25) is 5.91 Å². The van der Waals surface area contributed by atoms with Crippen molar-refractivity contribution >= 4 is 11.9 Å². The molecule has 0 aliphatic carbocycles. The molecule has 1 aliphatic heterocycles. The minimum Gasteiger partial charge on any atom is -0.467 e. The van der Waals surface area contributed by atoms with Gasteiger partial charge in [0.1, 0.15) is 6.04 Å². The Morgan fingerprint density at radius 2 is 2.10 bits per heavy atom. The van der Waals surface area contributed by atoms with E-state index in [1.54, 1.807) is 0 Å². The Morgan fingerprint density at radius 1 is 1.43 bits per heavy atom. The highest BCUT2D eigenvalue weighted by molar-refractivity contribution is 5.85. The minimum absolute atomic E-state index is 0.131. The molecule has 3 N–H and O–H groups in total. The molecule has 1 rings (SSSR count). The van der Waals surface area contributed by atoms with E-state index in [4.69, 9.17) is 10.5 Å². The van der Waals surface area contributed by atoms with Gasteiger partial charge < -0.3 is 15.8 Å². The van der Waals surface area contributed by atoms with Crippen molar-refractivity contribution in [1.82, 2.24) is 10.2 Å². The number of carbonyl (C=O) groups excluding carboxylic acids is 2. The highest BCUT2D eigenvalue weighted by Crippen LogP contribution is 2.15. The molecule has 1 aliphatic rings. The fourth-order valence-corrected chi connectivity index (χ4v) is 2.74. The third-order valence-electron chi connectivity index (χ3n) is 3.93. The lowest BCUT2D eigenvalue weighted by Gasteiger charge is -2.36. The van der Waals surface area contributed by atoms with Crippen LogP contribution in [0.2, 0.25) is 0 Å². The fraction of sp³-hybridized carbons (Fsp3) is 0.867. The van der Waals surface area contributed by atoms with E-state index < -0.39 is 6.04 Å². The lowest BCUT2D eigenvalue weighted by atomic mass is 9.99. The van der Waals surface area contributed by atoms with E-state index in [2.05, 4.69) is 17.1 Å². The van der Waals surface area contributed by atoms with Crippen LogP contribution in [0.15, 0.2) is 0 Å². The van der Waals surface area contributed by atoms with Crippen molar-refractivity contribution in [2.45, 2.75) is 58.2 Å². The van der Waals surface area contributed by atoms with Crippen LogP contribution in [0, 0.1) is 5.92 Å². The van der Waals surface area contributed by atoms with Crippen LogP contribution in [0.25, 0.3) is 0 Å². The zero-order valence-electron chi connectivity index (χ0n) is 13.6. The van der Waals surface area contributed by atoms with Crippen molar-refractivity contribution in [1.29, 1.82) is 0 Å². The fourth-order valence-electron chi connectivity index (χ4n) is 2.74. The maximum absolute atomic E-state index is 12.2. The van der Waals surface area contributed by atoms with Gasteiger partial charge in [-0.1, -0.05) is 13.8 Å². The third kappa shape index (κ3) is 6.01. The molecule has 3 atom stereocenters. The Labute approximate surface area is 127 Å². The first-order valence-electron chi connectivity index (χ1n) is 7.70. The first-order valence-corrected chi connectivity index (χ1v) is 7.70. The number of amides is 1. The average Bonchev–Trinajstić information content (AvgIpc) is 2.39. The molecule has 0 spiro atoms. The second kappa shape index (κ2) is 8.34. The number of hydrogen-bond donors (Lipinski definition) is 2. The summed E-state index contributed by atoms with van der Waals surface area (Å²) in [7, 11) is 1.34. The standard InChI is InChI=1S/C15H29N3O3/c1-10(2)7-13(15(20)21-4)17-14(19)9-18-6-5-12(16)8-11(18)3/h10-13H,5-9,16H2,1-4H3,(H,17,19). The van der Waals surface area contributed by atoms with Gasteiger partial charge in [-0.2, -0.15) is 0 Å². The summed E-state index contributed by atoms with van der Waals surface area (Å²) >= 11 is 0. The Kier molecular flexibility index (Phi) is 7.11. The summed E-state index contributed by atoms with van der Waals surface area (Å²) in [6.07, 6.45) is 2.39. The van der Waals surface area contributed by atoms with Crippen molar-refractivity contribution < 1.29 is 14.3 Å². The molecule has 3 unspecified atom stereocenters. The second-order valence-corrected chi connectivity index (χ2v) is 6.38. The molecule has 0 saturated carbocycles. The molecule has 0 aromatic heterocycles. The quantitative estimate of drug-likeness (QED) is 0.698. The van der Waals surface area contributed by atoms with Crippen molar-refractivity contribution in [2.75, 3.05) is 20.2 Å². The maximum Gasteiger partial charge on any atom is 0.328 e. The normalized spacial score (nSPS) is 24.7. The number of nitrogens with zero attached hydrogens (tertiary/aromatic N) is 1. The zero-order chi connectivity index (χ0) is 16.0. The van der Waals surface area contributed by atoms with E-state index >= 15 is 0 Å². The number of nitrogens with two attached hydrogens (primary N) is 1. The summed E-state index contributed by atoms with van der Waals surface area (Å²) < 4.78 is 4.76. The molecule has 1 saturated heterocycles. The Morgan fingerprint density at radius 3 is 2.62 bits per heavy atom. The van der Waals surface area contributed by atoms with Crippen LogP contribution in [0.5, 0.6) is 0 Å². The van der Waals surface area contributed by atoms with Crippen molar-refractivity contribution in [3.63, 3.8) is 0 Å². The molecular weight excluding hydrogens is 270 g/mol. The second-order valence-electron chi connectivity index (χ2n) is 6.38. The highest BCUT2D eigenvalue weighted by Gasteiger charge is 2.27. The molecule has 1 amide bonds. The summed E-state index contributed by atoms with van der Waals surface area (Å²) in [5.74, 6) is -0.208. The number of esters is 1. The van der Waals surface area contributed by atoms with Crippen LogP contribution < -0.4 is 11.1 Å². The number of nitrogens with one attached hydrogen (secondary N) is 1. The van der Waals surface area contributed by atoms with E-state index in [1.807, 2.05) is 13.8 Å². The molecule has 6 heteroatoms. The van der Waals surface area contributed by atoms with Gasteiger partial charge in [-0.15, -0.1) is 0 Å². The average molecular weight is 299 g/mol. The number of piperidine rings is 1. The summed E-state index contributed by atoms with van der Waals surface area (Å²) in [5, 5.41) is 2.79. The van der Waals surface area contributed by atoms with E-state index in [9.17, 15) is 9.59 Å². The molecular formula is C15H29N3O3. The molecule has 0 radical (unpaired) electrons. The predicted octanol–water partition coefficient (Wildman–Crippen LogP) is 0.502. The lowest BCUT2D eigenvalue weighted by molar-refractivity contribution is -0.145. The minimum atomic E-state index is -0.565. The van der Waals surface area contributed by atoms with Gasteiger partial charge >= 0.3 is 5.97 Å². The molecule has 21 heavy (non-hydrogen) atoms. The monoisotopic (exact) mass is 299 g/mol. The molecule has 0 aromatic carbocycles. The lowest BCUT2D eigenvalue weighted by Crippen LogP contribution is -2.51. The largest absolute Gasteiger partial charge is 0.467 e. The Hall–Kier alpha value is -1.14. The number of hydrogen-bond acceptors (Lipinski definition) is 5. The summed E-state index contributed by atoms with van der Waals surface area (Å²) in [5.41, 5.74) is 5.92. The van der Waals surface area contributed by atoms with E-state index in [0.717, 1.165) is 19.4 Å². The first-order chi connectivity index (χ1) is 9.83. The van der Waals surface area contributed by atoms with Crippen molar-refractivity contribution in [2.24, 2.45) is 11.7 Å². The predicted molar refractivity (Wildman–Crippen MR) is 81.6 cm³/mol. The molecule has 0 aromatic rings. The molecule has 1 heterocycles. The van der Waals surface area contributed by atoms with Gasteiger partial charge in [0.25, 0.3) is 0 Å². The summed E-state index contributed by atoms with van der Waals surface area (Å²) in [4.78, 5) is 26.0. The number of ether oxygens (including phenoxy) is 1. The van der Waals surface area contributed by atoms with Crippen LogP contribution >= 0.6 is 0 Å². The van der Waals surface area contributed by atoms with Crippen LogP contribution in [-0.2, 0) is 14.3 Å². The first kappa shape index (κ1) is 17.9. The number of rotatable bonds is 6. The van der Waals surface area contributed by atoms with Crippen molar-refractivity contribution in [3.05, 3.63) is 0 Å². The van der Waals surface area contributed by atoms with E-state index in [0.29, 0.717) is 24.9 Å². The van der Waals surface area contributed by atoms with Gasteiger partial charge in [0.05, 0.1) is 13.7 Å². The Bertz CT molecular complexity index is 360. The molecule has 0 bridgehead atoms. The third-order valence-corrected chi connectivity index (χ3v) is 3.93. The molecule has 6 nitrogen and oxygen atoms in total. The Balaban J connectivity index is 2.51. The van der Waals surface area contributed by atoms with Gasteiger partial charge in [0.15, 0.2) is 0 Å². The van der Waals surface area contributed by atoms with Gasteiger partial charge in [-0.3, -0.25) is 9.69 Å².